The van der Waals surface area contributed by atoms with Gasteiger partial charge < -0.3 is 5.32 Å². The molecule has 1 aromatic heterocycles. The summed E-state index contributed by atoms with van der Waals surface area (Å²) in [4.78, 5) is 3.91. The molecule has 0 spiro atoms. The molecule has 10 heavy (non-hydrogen) atoms. The second kappa shape index (κ2) is 3.32. The van der Waals surface area contributed by atoms with Gasteiger partial charge in [-0.05, 0) is 24.6 Å². The Kier molecular flexibility index (Phi) is 2.40. The lowest BCUT2D eigenvalue weighted by molar-refractivity contribution is 0.682. The third-order valence-corrected chi connectivity index (χ3v) is 1.51. The lowest BCUT2D eigenvalue weighted by atomic mass is 10.1. The maximum Gasteiger partial charge on any atom is 0.0293 e. The van der Waals surface area contributed by atoms with E-state index in [-0.39, 0.29) is 0 Å². The predicted octanol–water partition coefficient (Wildman–Crippen LogP) is 1.52. The smallest absolute Gasteiger partial charge is 0.0293 e. The summed E-state index contributed by atoms with van der Waals surface area (Å²) < 4.78 is 0. The Morgan fingerprint density at radius 3 is 2.60 bits per heavy atom. The van der Waals surface area contributed by atoms with E-state index in [2.05, 4.69) is 24.3 Å². The van der Waals surface area contributed by atoms with Crippen molar-refractivity contribution < 1.29 is 0 Å². The van der Waals surface area contributed by atoms with E-state index >= 15 is 0 Å². The average molecular weight is 135 g/mol. The lowest BCUT2D eigenvalue weighted by Crippen LogP contribution is -2.09. The van der Waals surface area contributed by atoms with Crippen LogP contribution in [0.3, 0.4) is 0 Å². The number of pyridine rings is 1. The summed E-state index contributed by atoms with van der Waals surface area (Å²) in [6.07, 6.45) is 3.56. The molecule has 2 heteroatoms. The second-order valence-electron chi connectivity index (χ2n) is 2.21. The highest BCUT2D eigenvalue weighted by atomic mass is 14.9. The Labute approximate surface area is 61.3 Å². The fourth-order valence-corrected chi connectivity index (χ4v) is 0.770. The first-order valence-corrected chi connectivity index (χ1v) is 3.27. The molecule has 1 rings (SSSR count). The monoisotopic (exact) mass is 135 g/mol. The number of hydrogen-bond acceptors (Lipinski definition) is 2. The lowest BCUT2D eigenvalue weighted by Gasteiger charge is -2.08. The fourth-order valence-electron chi connectivity index (χ4n) is 0.770. The third kappa shape index (κ3) is 1.54. The topological polar surface area (TPSA) is 24.9 Å². The number of nitrogens with zero attached hydrogens (tertiary/aromatic N) is 1. The van der Waals surface area contributed by atoms with Gasteiger partial charge in [0.15, 0.2) is 0 Å². The van der Waals surface area contributed by atoms with Crippen LogP contribution in [0.25, 0.3) is 0 Å². The molecule has 0 saturated heterocycles. The Morgan fingerprint density at radius 2 is 2.10 bits per heavy atom. The van der Waals surface area contributed by atoms with Crippen LogP contribution in [0.15, 0.2) is 24.5 Å². The van der Waals surface area contributed by atoms with Crippen LogP contribution >= 0.6 is 0 Å². The first kappa shape index (κ1) is 7.22. The molecule has 1 radical (unpaired) electrons. The molecule has 2 nitrogen and oxygen atoms in total. The van der Waals surface area contributed by atoms with E-state index in [9.17, 15) is 0 Å². The summed E-state index contributed by atoms with van der Waals surface area (Å²) in [5.41, 5.74) is 1.21. The number of nitrogens with one attached hydrogen (secondary N) is 1. The maximum absolute atomic E-state index is 3.91. The van der Waals surface area contributed by atoms with Gasteiger partial charge in [0.25, 0.3) is 0 Å². The van der Waals surface area contributed by atoms with Crippen LogP contribution in [0.4, 0.5) is 0 Å². The Bertz CT molecular complexity index is 184. The Hall–Kier alpha value is -0.890. The van der Waals surface area contributed by atoms with Crippen LogP contribution in [0.2, 0.25) is 0 Å². The molecule has 0 bridgehead atoms. The summed E-state index contributed by atoms with van der Waals surface area (Å²) in [5, 5.41) is 2.90. The van der Waals surface area contributed by atoms with Gasteiger partial charge in [-0.3, -0.25) is 4.98 Å². The predicted molar refractivity (Wildman–Crippen MR) is 41.1 cm³/mol. The van der Waals surface area contributed by atoms with Crippen molar-refractivity contribution in [2.45, 2.75) is 13.0 Å². The summed E-state index contributed by atoms with van der Waals surface area (Å²) in [6.45, 7) is 2.06. The van der Waals surface area contributed by atoms with Gasteiger partial charge >= 0.3 is 0 Å². The van der Waals surface area contributed by atoms with Gasteiger partial charge in [-0.2, -0.15) is 0 Å². The molecular weight excluding hydrogens is 124 g/mol. The molecule has 0 saturated carbocycles. The minimum atomic E-state index is 0.308. The Balaban J connectivity index is 2.75. The van der Waals surface area contributed by atoms with Gasteiger partial charge in [0.2, 0.25) is 0 Å². The summed E-state index contributed by atoms with van der Waals surface area (Å²) in [5.74, 6) is 0. The highest BCUT2D eigenvalue weighted by Crippen LogP contribution is 2.08. The van der Waals surface area contributed by atoms with E-state index in [1.807, 2.05) is 12.1 Å². The molecule has 0 fully saturated rings. The van der Waals surface area contributed by atoms with E-state index in [0.717, 1.165) is 0 Å². The molecule has 1 heterocycles. The quantitative estimate of drug-likeness (QED) is 0.665. The summed E-state index contributed by atoms with van der Waals surface area (Å²) in [7, 11) is 3.59. The van der Waals surface area contributed by atoms with Crippen LogP contribution in [0.5, 0.6) is 0 Å². The van der Waals surface area contributed by atoms with Crippen LogP contribution in [0, 0.1) is 7.05 Å². The van der Waals surface area contributed by atoms with Crippen molar-refractivity contribution in [1.29, 1.82) is 0 Å². The molecule has 0 aliphatic heterocycles. The highest BCUT2D eigenvalue weighted by molar-refractivity contribution is 5.13. The van der Waals surface area contributed by atoms with Crippen molar-refractivity contribution in [2.24, 2.45) is 0 Å². The molecule has 0 aliphatic carbocycles. The SMILES string of the molecule is [CH2]NC(C)c1ccncc1. The van der Waals surface area contributed by atoms with Crippen molar-refractivity contribution >= 4 is 0 Å². The van der Waals surface area contributed by atoms with Gasteiger partial charge in [0.05, 0.1) is 0 Å². The van der Waals surface area contributed by atoms with Gasteiger partial charge in [-0.15, -0.1) is 0 Å². The zero-order chi connectivity index (χ0) is 7.40. The normalized spacial score (nSPS) is 13.0. The summed E-state index contributed by atoms with van der Waals surface area (Å²) >= 11 is 0. The molecule has 0 amide bonds. The van der Waals surface area contributed by atoms with Gasteiger partial charge in [0.1, 0.15) is 0 Å². The minimum absolute atomic E-state index is 0.308. The average Bonchev–Trinajstić information content (AvgIpc) is 2.05. The number of hydrogen-bond donors (Lipinski definition) is 1. The van der Waals surface area contributed by atoms with E-state index in [4.69, 9.17) is 0 Å². The van der Waals surface area contributed by atoms with Gasteiger partial charge in [-0.25, -0.2) is 0 Å². The number of aromatic nitrogens is 1. The first-order valence-electron chi connectivity index (χ1n) is 3.27. The molecule has 0 aromatic carbocycles. The second-order valence-corrected chi connectivity index (χ2v) is 2.21. The fraction of sp³-hybridized carbons (Fsp3) is 0.250. The molecule has 53 valence electrons. The molecule has 1 unspecified atom stereocenters. The van der Waals surface area contributed by atoms with Crippen molar-refractivity contribution in [2.75, 3.05) is 0 Å². The largest absolute Gasteiger partial charge is 0.309 e. The summed E-state index contributed by atoms with van der Waals surface area (Å²) in [6, 6.07) is 4.26. The van der Waals surface area contributed by atoms with Crippen molar-refractivity contribution in [1.82, 2.24) is 10.3 Å². The molecule has 1 atom stereocenters. The van der Waals surface area contributed by atoms with E-state index < -0.39 is 0 Å². The van der Waals surface area contributed by atoms with Gasteiger partial charge in [-0.1, -0.05) is 0 Å². The van der Waals surface area contributed by atoms with Gasteiger partial charge in [0, 0.05) is 25.5 Å². The van der Waals surface area contributed by atoms with Crippen LogP contribution in [-0.4, -0.2) is 4.98 Å². The van der Waals surface area contributed by atoms with Crippen molar-refractivity contribution in [3.63, 3.8) is 0 Å². The zero-order valence-corrected chi connectivity index (χ0v) is 6.04. The zero-order valence-electron chi connectivity index (χ0n) is 6.04. The van der Waals surface area contributed by atoms with Crippen molar-refractivity contribution in [3.8, 4) is 0 Å². The third-order valence-electron chi connectivity index (χ3n) is 1.51. The minimum Gasteiger partial charge on any atom is -0.309 e. The highest BCUT2D eigenvalue weighted by Gasteiger charge is 1.98. The molecule has 1 aromatic rings. The van der Waals surface area contributed by atoms with Crippen LogP contribution < -0.4 is 5.32 Å². The molecular formula is C8H11N2. The van der Waals surface area contributed by atoms with Crippen LogP contribution in [0.1, 0.15) is 18.5 Å². The van der Waals surface area contributed by atoms with E-state index in [0.29, 0.717) is 6.04 Å². The molecule has 0 aliphatic rings. The number of rotatable bonds is 2. The maximum atomic E-state index is 3.91. The Morgan fingerprint density at radius 1 is 1.50 bits per heavy atom. The van der Waals surface area contributed by atoms with Crippen LogP contribution in [-0.2, 0) is 0 Å². The first-order chi connectivity index (χ1) is 4.84. The van der Waals surface area contributed by atoms with E-state index in [1.165, 1.54) is 5.56 Å². The standard InChI is InChI=1S/C8H11N2/c1-7(9-2)8-3-5-10-6-4-8/h3-7,9H,2H2,1H3. The van der Waals surface area contributed by atoms with E-state index in [1.54, 1.807) is 12.4 Å². The molecule has 1 N–H and O–H groups in total. The van der Waals surface area contributed by atoms with Crippen molar-refractivity contribution in [3.05, 3.63) is 37.1 Å².